The van der Waals surface area contributed by atoms with Gasteiger partial charge in [-0.15, -0.1) is 0 Å². The molecule has 0 amide bonds. The van der Waals surface area contributed by atoms with Crippen LogP contribution in [0.25, 0.3) is 0 Å². The number of carbonyl (C=O) groups excluding carboxylic acids is 4. The molecule has 0 N–H and O–H groups in total. The van der Waals surface area contributed by atoms with Crippen molar-refractivity contribution in [2.75, 3.05) is 0 Å². The van der Waals surface area contributed by atoms with Crippen molar-refractivity contribution in [2.45, 2.75) is 13.8 Å². The molecule has 10 heteroatoms. The van der Waals surface area contributed by atoms with Crippen LogP contribution in [-0.4, -0.2) is 99.4 Å². The normalized spacial score (nSPS) is 9.90. The van der Waals surface area contributed by atoms with E-state index < -0.39 is 23.9 Å². The maximum absolute atomic E-state index is 9.76. The van der Waals surface area contributed by atoms with Crippen molar-refractivity contribution < 1.29 is 39.6 Å². The second kappa shape index (κ2) is 15.3. The fourth-order valence-corrected chi connectivity index (χ4v) is 0.471. The zero-order valence-corrected chi connectivity index (χ0v) is 15.3. The first-order chi connectivity index (χ1) is 8.07. The molecule has 0 aromatic carbocycles. The zero-order valence-electron chi connectivity index (χ0n) is 10.8. The molecule has 0 fully saturated rings. The Morgan fingerprint density at radius 1 is 0.650 bits per heavy atom. The SMILES string of the molecule is C/C(=C/C(=O)[O-])C(=O)[O-].C/C(=C/C(=O)[O-])C(=O)[O-].[Ca+2].[Ca+2]. The van der Waals surface area contributed by atoms with Crippen LogP contribution < -0.4 is 20.4 Å². The minimum Gasteiger partial charge on any atom is -0.545 e. The van der Waals surface area contributed by atoms with Crippen LogP contribution in [0.1, 0.15) is 13.8 Å². The van der Waals surface area contributed by atoms with Gasteiger partial charge in [0.05, 0.1) is 23.9 Å². The van der Waals surface area contributed by atoms with Gasteiger partial charge < -0.3 is 39.6 Å². The van der Waals surface area contributed by atoms with Crippen molar-refractivity contribution in [1.29, 1.82) is 0 Å². The molecule has 0 aromatic rings. The van der Waals surface area contributed by atoms with Gasteiger partial charge in [0, 0.05) is 0 Å². The fourth-order valence-electron chi connectivity index (χ4n) is 0.471. The molecular formula is C10H8Ca2O8. The molecule has 100 valence electrons. The van der Waals surface area contributed by atoms with Gasteiger partial charge in [0.25, 0.3) is 0 Å². The molecule has 0 aliphatic carbocycles. The van der Waals surface area contributed by atoms with Crippen LogP contribution in [0.15, 0.2) is 23.3 Å². The summed E-state index contributed by atoms with van der Waals surface area (Å²) in [5.41, 5.74) is -0.704. The molecule has 0 saturated carbocycles. The smallest absolute Gasteiger partial charge is 0.545 e. The number of carbonyl (C=O) groups is 4. The Morgan fingerprint density at radius 3 is 0.900 bits per heavy atom. The van der Waals surface area contributed by atoms with E-state index in [1.807, 2.05) is 0 Å². The molecule has 0 spiro atoms. The predicted octanol–water partition coefficient (Wildman–Crippen LogP) is -5.90. The first-order valence-electron chi connectivity index (χ1n) is 4.29. The van der Waals surface area contributed by atoms with Gasteiger partial charge in [-0.25, -0.2) is 0 Å². The van der Waals surface area contributed by atoms with Gasteiger partial charge in [-0.3, -0.25) is 0 Å². The van der Waals surface area contributed by atoms with E-state index in [9.17, 15) is 39.6 Å². The minimum absolute atomic E-state index is 0. The maximum Gasteiger partial charge on any atom is 2.00 e. The predicted molar refractivity (Wildman–Crippen MR) is 59.1 cm³/mol. The van der Waals surface area contributed by atoms with Gasteiger partial charge in [0.1, 0.15) is 0 Å². The zero-order chi connectivity index (χ0) is 14.9. The van der Waals surface area contributed by atoms with Crippen LogP contribution in [0.4, 0.5) is 0 Å². The summed E-state index contributed by atoms with van der Waals surface area (Å²) in [4.78, 5) is 38.8. The van der Waals surface area contributed by atoms with Crippen LogP contribution in [0.3, 0.4) is 0 Å². The summed E-state index contributed by atoms with van der Waals surface area (Å²) in [5, 5.41) is 38.8. The van der Waals surface area contributed by atoms with Crippen LogP contribution >= 0.6 is 0 Å². The van der Waals surface area contributed by atoms with E-state index in [2.05, 4.69) is 0 Å². The number of hydrogen-bond acceptors (Lipinski definition) is 8. The molecule has 0 heterocycles. The van der Waals surface area contributed by atoms with E-state index in [1.54, 1.807) is 0 Å². The summed E-state index contributed by atoms with van der Waals surface area (Å²) in [5.74, 6) is -6.06. The Labute approximate surface area is 174 Å². The van der Waals surface area contributed by atoms with Gasteiger partial charge in [-0.2, -0.15) is 0 Å². The quantitative estimate of drug-likeness (QED) is 0.362. The summed E-state index contributed by atoms with van der Waals surface area (Å²) in [6.45, 7) is 2.23. The molecule has 0 aliphatic heterocycles. The Bertz CT molecular complexity index is 385. The van der Waals surface area contributed by atoms with E-state index >= 15 is 0 Å². The molecule has 0 unspecified atom stereocenters. The second-order valence-corrected chi connectivity index (χ2v) is 2.87. The second-order valence-electron chi connectivity index (χ2n) is 2.87. The van der Waals surface area contributed by atoms with Gasteiger partial charge in [0.15, 0.2) is 0 Å². The average Bonchev–Trinajstić information content (AvgIpc) is 2.16. The first kappa shape index (κ1) is 28.1. The Balaban J connectivity index is -0.000000116. The molecule has 0 saturated heterocycles. The molecular weight excluding hydrogens is 328 g/mol. The van der Waals surface area contributed by atoms with Gasteiger partial charge >= 0.3 is 75.5 Å². The number of rotatable bonds is 4. The van der Waals surface area contributed by atoms with E-state index in [0.717, 1.165) is 13.8 Å². The summed E-state index contributed by atoms with van der Waals surface area (Å²) >= 11 is 0. The topological polar surface area (TPSA) is 161 Å². The molecule has 0 bridgehead atoms. The van der Waals surface area contributed by atoms with Crippen LogP contribution in [0.2, 0.25) is 0 Å². The molecule has 0 radical (unpaired) electrons. The molecule has 0 rings (SSSR count). The van der Waals surface area contributed by atoms with E-state index in [1.165, 1.54) is 0 Å². The van der Waals surface area contributed by atoms with E-state index in [0.29, 0.717) is 12.2 Å². The van der Waals surface area contributed by atoms with Crippen LogP contribution in [0.5, 0.6) is 0 Å². The summed E-state index contributed by atoms with van der Waals surface area (Å²) in [6.07, 6.45) is 0.935. The van der Waals surface area contributed by atoms with Crippen molar-refractivity contribution in [3.8, 4) is 0 Å². The maximum atomic E-state index is 9.76. The first-order valence-corrected chi connectivity index (χ1v) is 4.29. The largest absolute Gasteiger partial charge is 2.00 e. The number of carboxylic acids is 4. The third kappa shape index (κ3) is 20.2. The van der Waals surface area contributed by atoms with Crippen molar-refractivity contribution >= 4 is 99.4 Å². The van der Waals surface area contributed by atoms with Gasteiger partial charge in [-0.1, -0.05) is 0 Å². The number of carboxylic acid groups (broad SMARTS) is 4. The molecule has 8 nitrogen and oxygen atoms in total. The average molecular weight is 336 g/mol. The molecule has 0 aromatic heterocycles. The van der Waals surface area contributed by atoms with Crippen molar-refractivity contribution in [2.24, 2.45) is 0 Å². The third-order valence-electron chi connectivity index (χ3n) is 1.31. The summed E-state index contributed by atoms with van der Waals surface area (Å²) in [6, 6.07) is 0. The Hall–Kier alpha value is -0.121. The number of aliphatic carboxylic acids is 4. The van der Waals surface area contributed by atoms with Crippen molar-refractivity contribution in [3.05, 3.63) is 23.3 Å². The number of hydrogen-bond donors (Lipinski definition) is 0. The van der Waals surface area contributed by atoms with Crippen molar-refractivity contribution in [3.63, 3.8) is 0 Å². The fraction of sp³-hybridized carbons (Fsp3) is 0.200. The Kier molecular flexibility index (Phi) is 21.5. The molecule has 0 aliphatic rings. The van der Waals surface area contributed by atoms with E-state index in [4.69, 9.17) is 0 Å². The summed E-state index contributed by atoms with van der Waals surface area (Å²) < 4.78 is 0. The Morgan fingerprint density at radius 2 is 0.850 bits per heavy atom. The van der Waals surface area contributed by atoms with Gasteiger partial charge in [-0.05, 0) is 37.1 Å². The summed E-state index contributed by atoms with van der Waals surface area (Å²) in [7, 11) is 0. The monoisotopic (exact) mass is 336 g/mol. The van der Waals surface area contributed by atoms with Gasteiger partial charge in [0.2, 0.25) is 0 Å². The van der Waals surface area contributed by atoms with Crippen molar-refractivity contribution in [1.82, 2.24) is 0 Å². The molecule has 20 heavy (non-hydrogen) atoms. The van der Waals surface area contributed by atoms with E-state index in [-0.39, 0.29) is 86.6 Å². The van der Waals surface area contributed by atoms with Crippen LogP contribution in [0, 0.1) is 0 Å². The van der Waals surface area contributed by atoms with Crippen LogP contribution in [-0.2, 0) is 19.2 Å². The standard InChI is InChI=1S/2C5H6O4.2Ca/c2*1-3(5(8)9)2-4(6)7;;/h2*2H,1H3,(H,6,7)(H,8,9);;/q;;2*+2/p-4/b2*3-2-;;. The minimum atomic E-state index is -1.53. The third-order valence-corrected chi connectivity index (χ3v) is 1.31. The molecule has 0 atom stereocenters.